The Kier molecular flexibility index (Phi) is 6.37. The van der Waals surface area contributed by atoms with Crippen molar-refractivity contribution in [1.82, 2.24) is 0 Å². The SMILES string of the molecule is COCOOC(=O)[C@H](O)[C@@H](O)CO. The van der Waals surface area contributed by atoms with E-state index in [4.69, 9.17) is 15.3 Å². The van der Waals surface area contributed by atoms with E-state index in [1.54, 1.807) is 0 Å². The minimum absolute atomic E-state index is 0.284. The number of ether oxygens (including phenoxy) is 1. The van der Waals surface area contributed by atoms with Gasteiger partial charge >= 0.3 is 5.97 Å². The molecule has 0 aromatic heterocycles. The Morgan fingerprint density at radius 1 is 1.46 bits per heavy atom. The van der Waals surface area contributed by atoms with Gasteiger partial charge in [-0.1, -0.05) is 0 Å². The molecule has 0 aromatic rings. The van der Waals surface area contributed by atoms with Crippen LogP contribution < -0.4 is 0 Å². The molecule has 7 nitrogen and oxygen atoms in total. The Morgan fingerprint density at radius 2 is 2.08 bits per heavy atom. The van der Waals surface area contributed by atoms with Crippen molar-refractivity contribution in [3.8, 4) is 0 Å². The van der Waals surface area contributed by atoms with Crippen LogP contribution in [-0.2, 0) is 19.3 Å². The third-order valence-electron chi connectivity index (χ3n) is 1.10. The first kappa shape index (κ1) is 12.3. The average Bonchev–Trinajstić information content (AvgIpc) is 2.15. The Balaban J connectivity index is 3.69. The van der Waals surface area contributed by atoms with Crippen LogP contribution in [0, 0.1) is 0 Å². The topological polar surface area (TPSA) is 105 Å². The van der Waals surface area contributed by atoms with Crippen LogP contribution in [0.1, 0.15) is 0 Å². The van der Waals surface area contributed by atoms with Gasteiger partial charge in [0.2, 0.25) is 0 Å². The lowest BCUT2D eigenvalue weighted by molar-refractivity contribution is -0.313. The largest absolute Gasteiger partial charge is 0.394 e. The fraction of sp³-hybridized carbons (Fsp3) is 0.833. The summed E-state index contributed by atoms with van der Waals surface area (Å²) in [6, 6.07) is 0. The fourth-order valence-electron chi connectivity index (χ4n) is 0.436. The molecule has 0 amide bonds. The van der Waals surface area contributed by atoms with Crippen molar-refractivity contribution in [3.63, 3.8) is 0 Å². The van der Waals surface area contributed by atoms with Crippen LogP contribution in [0.2, 0.25) is 0 Å². The number of hydrogen-bond acceptors (Lipinski definition) is 7. The molecule has 0 saturated heterocycles. The summed E-state index contributed by atoms with van der Waals surface area (Å²) >= 11 is 0. The van der Waals surface area contributed by atoms with Crippen molar-refractivity contribution >= 4 is 5.97 Å². The first-order valence-corrected chi connectivity index (χ1v) is 3.42. The van der Waals surface area contributed by atoms with E-state index in [-0.39, 0.29) is 6.79 Å². The molecule has 0 bridgehead atoms. The minimum atomic E-state index is -1.83. The predicted octanol–water partition coefficient (Wildman–Crippen LogP) is -2.22. The van der Waals surface area contributed by atoms with E-state index in [0.29, 0.717) is 0 Å². The van der Waals surface area contributed by atoms with Crippen molar-refractivity contribution in [1.29, 1.82) is 0 Å². The Bertz CT molecular complexity index is 148. The maximum absolute atomic E-state index is 10.7. The van der Waals surface area contributed by atoms with Crippen molar-refractivity contribution in [2.75, 3.05) is 20.5 Å². The smallest absolute Gasteiger partial charge is 0.373 e. The zero-order valence-electron chi connectivity index (χ0n) is 7.04. The summed E-state index contributed by atoms with van der Waals surface area (Å²) in [4.78, 5) is 18.8. The normalized spacial score (nSPS) is 15.1. The van der Waals surface area contributed by atoms with Gasteiger partial charge in [0.25, 0.3) is 0 Å². The van der Waals surface area contributed by atoms with E-state index in [2.05, 4.69) is 14.5 Å². The van der Waals surface area contributed by atoms with E-state index >= 15 is 0 Å². The van der Waals surface area contributed by atoms with E-state index in [1.807, 2.05) is 0 Å². The highest BCUT2D eigenvalue weighted by atomic mass is 17.2. The lowest BCUT2D eigenvalue weighted by Gasteiger charge is -2.12. The minimum Gasteiger partial charge on any atom is -0.394 e. The second-order valence-electron chi connectivity index (χ2n) is 2.12. The molecular formula is C6H12O7. The monoisotopic (exact) mass is 196 g/mol. The molecule has 0 heterocycles. The Hall–Kier alpha value is -0.730. The van der Waals surface area contributed by atoms with Crippen LogP contribution in [0.5, 0.6) is 0 Å². The third-order valence-corrected chi connectivity index (χ3v) is 1.10. The first-order chi connectivity index (χ1) is 6.13. The average molecular weight is 196 g/mol. The first-order valence-electron chi connectivity index (χ1n) is 3.42. The highest BCUT2D eigenvalue weighted by molar-refractivity contribution is 5.74. The summed E-state index contributed by atoms with van der Waals surface area (Å²) < 4.78 is 4.37. The molecule has 2 atom stereocenters. The molecule has 0 spiro atoms. The summed E-state index contributed by atoms with van der Waals surface area (Å²) in [7, 11) is 1.31. The van der Waals surface area contributed by atoms with Crippen LogP contribution in [-0.4, -0.2) is 54.0 Å². The molecule has 0 radical (unpaired) electrons. The van der Waals surface area contributed by atoms with Gasteiger partial charge in [0.15, 0.2) is 12.9 Å². The molecule has 0 rings (SSSR count). The quantitative estimate of drug-likeness (QED) is 0.191. The highest BCUT2D eigenvalue weighted by Gasteiger charge is 2.25. The van der Waals surface area contributed by atoms with Gasteiger partial charge < -0.3 is 20.1 Å². The zero-order chi connectivity index (χ0) is 10.3. The standard InChI is InChI=1S/C6H12O7/c1-11-3-12-13-6(10)5(9)4(8)2-7/h4-5,7-9H,2-3H2,1H3/t4-,5+/m0/s1. The molecule has 0 aromatic carbocycles. The third kappa shape index (κ3) is 4.76. The number of aliphatic hydroxyl groups is 3. The molecule has 0 unspecified atom stereocenters. The molecule has 0 aliphatic carbocycles. The molecule has 13 heavy (non-hydrogen) atoms. The molecule has 0 aliphatic rings. The van der Waals surface area contributed by atoms with Crippen molar-refractivity contribution in [3.05, 3.63) is 0 Å². The van der Waals surface area contributed by atoms with Crippen molar-refractivity contribution in [2.24, 2.45) is 0 Å². The van der Waals surface area contributed by atoms with E-state index < -0.39 is 24.8 Å². The van der Waals surface area contributed by atoms with E-state index in [9.17, 15) is 4.79 Å². The zero-order valence-corrected chi connectivity index (χ0v) is 7.04. The van der Waals surface area contributed by atoms with Gasteiger partial charge in [0, 0.05) is 7.11 Å². The molecule has 0 aliphatic heterocycles. The second kappa shape index (κ2) is 6.75. The predicted molar refractivity (Wildman–Crippen MR) is 38.2 cm³/mol. The summed E-state index contributed by atoms with van der Waals surface area (Å²) in [5.74, 6) is -1.20. The number of methoxy groups -OCH3 is 1. The van der Waals surface area contributed by atoms with Crippen LogP contribution in [0.4, 0.5) is 0 Å². The summed E-state index contributed by atoms with van der Waals surface area (Å²) in [5, 5.41) is 26.0. The summed E-state index contributed by atoms with van der Waals surface area (Å²) in [6.07, 6.45) is -3.42. The van der Waals surface area contributed by atoms with Gasteiger partial charge in [-0.15, -0.1) is 0 Å². The molecule has 0 fully saturated rings. The number of carbonyl (C=O) groups is 1. The molecule has 0 saturated carbocycles. The number of rotatable bonds is 6. The fourth-order valence-corrected chi connectivity index (χ4v) is 0.436. The van der Waals surface area contributed by atoms with E-state index in [1.165, 1.54) is 7.11 Å². The van der Waals surface area contributed by atoms with Gasteiger partial charge in [-0.05, 0) is 0 Å². The number of hydrogen-bond donors (Lipinski definition) is 3. The summed E-state index contributed by atoms with van der Waals surface area (Å²) in [6.45, 7) is -1.03. The van der Waals surface area contributed by atoms with Crippen LogP contribution >= 0.6 is 0 Å². The van der Waals surface area contributed by atoms with Gasteiger partial charge in [0.05, 0.1) is 6.61 Å². The maximum Gasteiger partial charge on any atom is 0.373 e. The molecule has 7 heteroatoms. The van der Waals surface area contributed by atoms with Gasteiger partial charge in [-0.2, -0.15) is 4.89 Å². The van der Waals surface area contributed by atoms with Crippen molar-refractivity contribution in [2.45, 2.75) is 12.2 Å². The number of carbonyl (C=O) groups excluding carboxylic acids is 1. The molecule has 78 valence electrons. The Labute approximate surface area is 74.4 Å². The van der Waals surface area contributed by atoms with Crippen LogP contribution in [0.25, 0.3) is 0 Å². The Morgan fingerprint density at radius 3 is 2.54 bits per heavy atom. The van der Waals surface area contributed by atoms with E-state index in [0.717, 1.165) is 0 Å². The molecule has 3 N–H and O–H groups in total. The number of aliphatic hydroxyl groups excluding tert-OH is 3. The lowest BCUT2D eigenvalue weighted by Crippen LogP contribution is -2.37. The van der Waals surface area contributed by atoms with Gasteiger partial charge in [0.1, 0.15) is 6.10 Å². The van der Waals surface area contributed by atoms with Gasteiger partial charge in [-0.3, -0.25) is 4.89 Å². The lowest BCUT2D eigenvalue weighted by atomic mass is 10.2. The second-order valence-corrected chi connectivity index (χ2v) is 2.12. The highest BCUT2D eigenvalue weighted by Crippen LogP contribution is 1.96. The van der Waals surface area contributed by atoms with Crippen LogP contribution in [0.15, 0.2) is 0 Å². The van der Waals surface area contributed by atoms with Crippen molar-refractivity contribution < 1.29 is 34.6 Å². The summed E-state index contributed by atoms with van der Waals surface area (Å²) in [5.41, 5.74) is 0. The van der Waals surface area contributed by atoms with Gasteiger partial charge in [-0.25, -0.2) is 4.79 Å². The maximum atomic E-state index is 10.7. The molecular weight excluding hydrogens is 184 g/mol. The van der Waals surface area contributed by atoms with Crippen LogP contribution in [0.3, 0.4) is 0 Å².